The van der Waals surface area contributed by atoms with E-state index >= 15 is 0 Å². The van der Waals surface area contributed by atoms with Crippen molar-refractivity contribution < 1.29 is 9.59 Å². The summed E-state index contributed by atoms with van der Waals surface area (Å²) in [6, 6.07) is 15.0. The van der Waals surface area contributed by atoms with E-state index in [4.69, 9.17) is 11.6 Å². The molecule has 3 heterocycles. The van der Waals surface area contributed by atoms with Crippen LogP contribution in [-0.2, 0) is 22.7 Å². The molecular weight excluding hydrogens is 480 g/mol. The molecule has 2 amide bonds. The van der Waals surface area contributed by atoms with Crippen molar-refractivity contribution in [1.82, 2.24) is 24.6 Å². The number of carbonyl (C=O) groups is 2. The third-order valence-corrected chi connectivity index (χ3v) is 6.56. The van der Waals surface area contributed by atoms with E-state index < -0.39 is 5.92 Å². The number of amides is 2. The molecule has 1 saturated heterocycles. The first-order valence-corrected chi connectivity index (χ1v) is 12.1. The molecule has 1 atom stereocenters. The van der Waals surface area contributed by atoms with Crippen LogP contribution in [0.4, 0.5) is 5.69 Å². The van der Waals surface area contributed by atoms with Crippen LogP contribution < -0.4 is 15.8 Å². The van der Waals surface area contributed by atoms with Gasteiger partial charge in [0.2, 0.25) is 11.8 Å². The molecule has 1 N–H and O–H groups in total. The van der Waals surface area contributed by atoms with Crippen molar-refractivity contribution in [2.75, 3.05) is 18.0 Å². The van der Waals surface area contributed by atoms with Crippen molar-refractivity contribution in [3.63, 3.8) is 0 Å². The number of hydrogen-bond donors (Lipinski definition) is 1. The molecule has 2 aromatic heterocycles. The number of fused-ring (bicyclic) bond motifs is 1. The van der Waals surface area contributed by atoms with Gasteiger partial charge < -0.3 is 10.2 Å². The van der Waals surface area contributed by atoms with Gasteiger partial charge >= 0.3 is 0 Å². The molecule has 10 heteroatoms. The van der Waals surface area contributed by atoms with E-state index in [1.165, 1.54) is 17.1 Å². The van der Waals surface area contributed by atoms with Gasteiger partial charge in [0, 0.05) is 30.2 Å². The van der Waals surface area contributed by atoms with Crippen LogP contribution in [0.3, 0.4) is 0 Å². The molecular formula is C26H25ClN6O3. The van der Waals surface area contributed by atoms with Crippen LogP contribution >= 0.6 is 11.6 Å². The van der Waals surface area contributed by atoms with Gasteiger partial charge in [-0.3, -0.25) is 19.0 Å². The third kappa shape index (κ3) is 4.87. The number of aryl methyl sites for hydroxylation is 1. The van der Waals surface area contributed by atoms with Crippen molar-refractivity contribution in [2.24, 2.45) is 5.92 Å². The summed E-state index contributed by atoms with van der Waals surface area (Å²) in [5.74, 6) is -0.647. The molecule has 4 aromatic rings. The van der Waals surface area contributed by atoms with E-state index in [1.54, 1.807) is 15.6 Å². The third-order valence-electron chi connectivity index (χ3n) is 6.33. The Hall–Kier alpha value is -3.98. The van der Waals surface area contributed by atoms with E-state index in [0.717, 1.165) is 16.8 Å². The Balaban J connectivity index is 1.20. The standard InChI is InChI=1S/C26H25ClN6O3/c1-17-5-7-21(8-6-17)32-15-19(12-23(32)34)25(35)28-9-10-33-24-22(13-30-33)26(36)31(16-29-24)14-18-3-2-4-20(27)11-18/h2-8,11,13,16,19H,9-10,12,14-15H2,1H3,(H,28,35). The first-order valence-electron chi connectivity index (χ1n) is 11.7. The lowest BCUT2D eigenvalue weighted by molar-refractivity contribution is -0.126. The second-order valence-corrected chi connectivity index (χ2v) is 9.38. The number of halogens is 1. The van der Waals surface area contributed by atoms with Crippen LogP contribution in [0.1, 0.15) is 17.5 Å². The van der Waals surface area contributed by atoms with Crippen molar-refractivity contribution in [1.29, 1.82) is 0 Å². The Morgan fingerprint density at radius 1 is 1.17 bits per heavy atom. The fourth-order valence-electron chi connectivity index (χ4n) is 4.39. The van der Waals surface area contributed by atoms with Gasteiger partial charge in [-0.2, -0.15) is 5.10 Å². The average molecular weight is 505 g/mol. The molecule has 1 aliphatic heterocycles. The number of benzene rings is 2. The first-order chi connectivity index (χ1) is 17.4. The summed E-state index contributed by atoms with van der Waals surface area (Å²) in [7, 11) is 0. The maximum absolute atomic E-state index is 12.9. The second-order valence-electron chi connectivity index (χ2n) is 8.94. The van der Waals surface area contributed by atoms with Crippen molar-refractivity contribution in [3.05, 3.63) is 87.6 Å². The van der Waals surface area contributed by atoms with Crippen LogP contribution in [0.5, 0.6) is 0 Å². The predicted octanol–water partition coefficient (Wildman–Crippen LogP) is 2.77. The minimum absolute atomic E-state index is 0.0599. The molecule has 1 unspecified atom stereocenters. The van der Waals surface area contributed by atoms with Crippen molar-refractivity contribution >= 4 is 40.1 Å². The number of nitrogens with one attached hydrogen (secondary N) is 1. The van der Waals surface area contributed by atoms with Crippen LogP contribution in [0.2, 0.25) is 5.02 Å². The van der Waals surface area contributed by atoms with Gasteiger partial charge in [-0.05, 0) is 36.8 Å². The molecule has 0 aliphatic carbocycles. The highest BCUT2D eigenvalue weighted by molar-refractivity contribution is 6.30. The minimum Gasteiger partial charge on any atom is -0.354 e. The van der Waals surface area contributed by atoms with E-state index in [-0.39, 0.29) is 23.8 Å². The largest absolute Gasteiger partial charge is 0.354 e. The monoisotopic (exact) mass is 504 g/mol. The molecule has 1 aliphatic rings. The van der Waals surface area contributed by atoms with Crippen LogP contribution in [0.15, 0.2) is 65.8 Å². The fourth-order valence-corrected chi connectivity index (χ4v) is 4.61. The van der Waals surface area contributed by atoms with Gasteiger partial charge in [0.05, 0.1) is 25.2 Å². The zero-order chi connectivity index (χ0) is 25.2. The molecule has 2 aromatic carbocycles. The average Bonchev–Trinajstić information content (AvgIpc) is 3.45. The lowest BCUT2D eigenvalue weighted by Crippen LogP contribution is -2.35. The number of hydrogen-bond acceptors (Lipinski definition) is 5. The summed E-state index contributed by atoms with van der Waals surface area (Å²) in [4.78, 5) is 44.2. The smallest absolute Gasteiger partial charge is 0.264 e. The summed E-state index contributed by atoms with van der Waals surface area (Å²) in [5.41, 5.74) is 3.07. The van der Waals surface area contributed by atoms with Gasteiger partial charge in [0.25, 0.3) is 5.56 Å². The summed E-state index contributed by atoms with van der Waals surface area (Å²) in [6.45, 7) is 3.34. The van der Waals surface area contributed by atoms with E-state index in [9.17, 15) is 14.4 Å². The first kappa shape index (κ1) is 23.7. The maximum atomic E-state index is 12.9. The molecule has 5 rings (SSSR count). The molecule has 0 saturated carbocycles. The summed E-state index contributed by atoms with van der Waals surface area (Å²) < 4.78 is 3.11. The lowest BCUT2D eigenvalue weighted by atomic mass is 10.1. The van der Waals surface area contributed by atoms with E-state index in [0.29, 0.717) is 42.2 Å². The van der Waals surface area contributed by atoms with Gasteiger partial charge in [-0.1, -0.05) is 41.4 Å². The van der Waals surface area contributed by atoms with Gasteiger partial charge in [0.15, 0.2) is 5.65 Å². The molecule has 0 bridgehead atoms. The number of anilines is 1. The Morgan fingerprint density at radius 2 is 1.97 bits per heavy atom. The van der Waals surface area contributed by atoms with Crippen LogP contribution in [0, 0.1) is 12.8 Å². The van der Waals surface area contributed by atoms with Crippen LogP contribution in [0.25, 0.3) is 11.0 Å². The summed E-state index contributed by atoms with van der Waals surface area (Å²) in [6.07, 6.45) is 3.17. The molecule has 9 nitrogen and oxygen atoms in total. The summed E-state index contributed by atoms with van der Waals surface area (Å²) in [5, 5.41) is 8.19. The zero-order valence-corrected chi connectivity index (χ0v) is 20.5. The molecule has 36 heavy (non-hydrogen) atoms. The lowest BCUT2D eigenvalue weighted by Gasteiger charge is -2.17. The highest BCUT2D eigenvalue weighted by atomic mass is 35.5. The number of carbonyl (C=O) groups excluding carboxylic acids is 2. The Morgan fingerprint density at radius 3 is 2.75 bits per heavy atom. The highest BCUT2D eigenvalue weighted by Gasteiger charge is 2.34. The fraction of sp³-hybridized carbons (Fsp3) is 0.269. The normalized spacial score (nSPS) is 15.6. The maximum Gasteiger partial charge on any atom is 0.264 e. The second kappa shape index (κ2) is 9.94. The Labute approximate surface area is 212 Å². The van der Waals surface area contributed by atoms with E-state index in [2.05, 4.69) is 15.4 Å². The molecule has 184 valence electrons. The highest BCUT2D eigenvalue weighted by Crippen LogP contribution is 2.25. The quantitative estimate of drug-likeness (QED) is 0.417. The Bertz CT molecular complexity index is 1490. The number of rotatable bonds is 7. The Kier molecular flexibility index (Phi) is 6.56. The van der Waals surface area contributed by atoms with Gasteiger partial charge in [-0.25, -0.2) is 9.67 Å². The topological polar surface area (TPSA) is 102 Å². The SMILES string of the molecule is Cc1ccc(N2CC(C(=O)NCCn3ncc4c(=O)n(Cc5cccc(Cl)c5)cnc43)CC2=O)cc1. The van der Waals surface area contributed by atoms with Gasteiger partial charge in [0.1, 0.15) is 11.7 Å². The number of nitrogens with zero attached hydrogens (tertiary/aromatic N) is 5. The summed E-state index contributed by atoms with van der Waals surface area (Å²) >= 11 is 6.04. The molecule has 1 fully saturated rings. The zero-order valence-electron chi connectivity index (χ0n) is 19.7. The molecule has 0 spiro atoms. The van der Waals surface area contributed by atoms with Crippen LogP contribution in [-0.4, -0.2) is 44.2 Å². The van der Waals surface area contributed by atoms with Crippen molar-refractivity contribution in [3.8, 4) is 0 Å². The van der Waals surface area contributed by atoms with Crippen molar-refractivity contribution in [2.45, 2.75) is 26.4 Å². The molecule has 0 radical (unpaired) electrons. The van der Waals surface area contributed by atoms with E-state index in [1.807, 2.05) is 49.4 Å². The minimum atomic E-state index is -0.412. The number of aromatic nitrogens is 4. The predicted molar refractivity (Wildman–Crippen MR) is 137 cm³/mol. The van der Waals surface area contributed by atoms with Gasteiger partial charge in [-0.15, -0.1) is 0 Å².